The van der Waals surface area contributed by atoms with Gasteiger partial charge in [0, 0.05) is 0 Å². The summed E-state index contributed by atoms with van der Waals surface area (Å²) in [5.74, 6) is -1.23. The Morgan fingerprint density at radius 3 is 0.577 bits per heavy atom. The Morgan fingerprint density at radius 2 is 0.423 bits per heavy atom. The van der Waals surface area contributed by atoms with Gasteiger partial charge in [-0.25, -0.2) is 0 Å². The topological polar surface area (TPSA) is 46.1 Å². The van der Waals surface area contributed by atoms with Gasteiger partial charge in [0.05, 0.1) is 50.2 Å². The molecule has 2 aromatic carbocycles. The molecule has 0 saturated heterocycles. The van der Waals surface area contributed by atoms with Gasteiger partial charge in [0.25, 0.3) is 0 Å². The molecule has 0 aliphatic rings. The van der Waals surface area contributed by atoms with E-state index < -0.39 is 11.5 Å². The van der Waals surface area contributed by atoms with Crippen LogP contribution in [0.2, 0.25) is 50.2 Å². The van der Waals surface area contributed by atoms with Crippen molar-refractivity contribution in [2.24, 2.45) is 0 Å². The van der Waals surface area contributed by atoms with Crippen LogP contribution < -0.4 is 69.3 Å². The second-order valence-electron chi connectivity index (χ2n) is 3.80. The molecule has 0 aromatic heterocycles. The molecule has 0 aliphatic carbocycles. The van der Waals surface area contributed by atoms with E-state index in [0.717, 1.165) is 0 Å². The van der Waals surface area contributed by atoms with Gasteiger partial charge in [-0.05, 0) is 0 Å². The van der Waals surface area contributed by atoms with E-state index in [1.165, 1.54) is 0 Å². The quantitative estimate of drug-likeness (QED) is 0.274. The first-order valence-electron chi connectivity index (χ1n) is 5.30. The molecule has 0 saturated carbocycles. The predicted molar refractivity (Wildman–Crippen MR) is 102 cm³/mol. The second kappa shape index (κ2) is 13.4. The maximum absolute atomic E-state index is 11.1. The molecule has 0 heterocycles. The monoisotopic (exact) mass is 572 g/mol. The van der Waals surface area contributed by atoms with E-state index in [-0.39, 0.29) is 109 Å². The zero-order valence-electron chi connectivity index (χ0n) is 12.6. The van der Waals surface area contributed by atoms with Gasteiger partial charge in [-0.15, -0.1) is 0 Å². The molecule has 132 valence electrons. The fraction of sp³-hybridized carbons (Fsp3) is 0. The molecule has 0 aliphatic heterocycles. The normalized spacial score (nSPS) is 9.62. The molecule has 0 N–H and O–H groups in total. The van der Waals surface area contributed by atoms with Crippen molar-refractivity contribution in [2.45, 2.75) is 0 Å². The summed E-state index contributed by atoms with van der Waals surface area (Å²) in [5.41, 5.74) is 0. The molecule has 14 heteroatoms. The number of hydrogen-bond acceptors (Lipinski definition) is 2. The van der Waals surface area contributed by atoms with Crippen LogP contribution in [0.15, 0.2) is 0 Å². The van der Waals surface area contributed by atoms with Crippen LogP contribution in [0.25, 0.3) is 0 Å². The largest absolute Gasteiger partial charge is 1.00 e. The standard InChI is InChI=1S/2C6HCl5O.2Na/c2*7-1-2(8)4(10)6(12)5(11)3(1)9;;/h2*12H;;/q;;2*+1/p-2. The van der Waals surface area contributed by atoms with Crippen molar-refractivity contribution in [1.29, 1.82) is 0 Å². The Labute approximate surface area is 243 Å². The molecule has 0 fully saturated rings. The molecular weight excluding hydrogens is 577 g/mol. The molecule has 0 radical (unpaired) electrons. The van der Waals surface area contributed by atoms with Crippen molar-refractivity contribution in [3.8, 4) is 11.5 Å². The van der Waals surface area contributed by atoms with E-state index in [1.807, 2.05) is 0 Å². The number of rotatable bonds is 0. The summed E-state index contributed by atoms with van der Waals surface area (Å²) < 4.78 is 0. The molecule has 0 unspecified atom stereocenters. The summed E-state index contributed by atoms with van der Waals surface area (Å²) in [6.45, 7) is 0. The Morgan fingerprint density at radius 1 is 0.308 bits per heavy atom. The van der Waals surface area contributed by atoms with Crippen LogP contribution in [-0.2, 0) is 0 Å². The maximum Gasteiger partial charge on any atom is 1.00 e. The Bertz CT molecular complexity index is 538. The van der Waals surface area contributed by atoms with Crippen LogP contribution >= 0.6 is 116 Å². The molecule has 0 amide bonds. The van der Waals surface area contributed by atoms with E-state index in [2.05, 4.69) is 0 Å². The van der Waals surface area contributed by atoms with Crippen LogP contribution in [0.3, 0.4) is 0 Å². The SMILES string of the molecule is [Na+].[Na+].[O-]c1c(Cl)c(Cl)c(Cl)c(Cl)c1Cl.[O-]c1c(Cl)c(Cl)c(Cl)c(Cl)c1Cl. The van der Waals surface area contributed by atoms with E-state index in [9.17, 15) is 10.2 Å². The van der Waals surface area contributed by atoms with E-state index >= 15 is 0 Å². The third-order valence-electron chi connectivity index (χ3n) is 2.34. The van der Waals surface area contributed by atoms with Crippen LogP contribution in [0.5, 0.6) is 11.5 Å². The first-order valence-corrected chi connectivity index (χ1v) is 9.08. The van der Waals surface area contributed by atoms with Crippen molar-refractivity contribution < 1.29 is 69.3 Å². The van der Waals surface area contributed by atoms with Gasteiger partial charge in [-0.2, -0.15) is 0 Å². The zero-order valence-corrected chi connectivity index (χ0v) is 24.2. The number of benzene rings is 2. The Hall–Kier alpha value is 2.94. The number of halogens is 10. The van der Waals surface area contributed by atoms with Crippen molar-refractivity contribution in [3.63, 3.8) is 0 Å². The zero-order chi connectivity index (χ0) is 18.9. The molecular formula is C12Cl10Na2O2. The molecule has 2 nitrogen and oxygen atoms in total. The smallest absolute Gasteiger partial charge is 0.870 e. The average Bonchev–Trinajstić information content (AvgIpc) is 2.58. The van der Waals surface area contributed by atoms with Crippen molar-refractivity contribution in [3.05, 3.63) is 50.2 Å². The molecule has 0 spiro atoms. The Balaban J connectivity index is 0. The predicted octanol–water partition coefficient (Wildman–Crippen LogP) is 2.06. The summed E-state index contributed by atoms with van der Waals surface area (Å²) >= 11 is 55.3. The van der Waals surface area contributed by atoms with Crippen molar-refractivity contribution in [2.75, 3.05) is 0 Å². The van der Waals surface area contributed by atoms with Gasteiger partial charge in [-0.3, -0.25) is 0 Å². The van der Waals surface area contributed by atoms with Crippen molar-refractivity contribution in [1.82, 2.24) is 0 Å². The minimum Gasteiger partial charge on any atom is -0.870 e. The van der Waals surface area contributed by atoms with Crippen LogP contribution in [-0.4, -0.2) is 0 Å². The first kappa shape index (κ1) is 31.1. The van der Waals surface area contributed by atoms with Crippen LogP contribution in [0.4, 0.5) is 0 Å². The third-order valence-corrected chi connectivity index (χ3v) is 6.82. The summed E-state index contributed by atoms with van der Waals surface area (Å²) in [5, 5.41) is 21.0. The van der Waals surface area contributed by atoms with Gasteiger partial charge >= 0.3 is 59.1 Å². The van der Waals surface area contributed by atoms with E-state index in [1.54, 1.807) is 0 Å². The number of hydrogen-bond donors (Lipinski definition) is 0. The second-order valence-corrected chi connectivity index (χ2v) is 7.58. The van der Waals surface area contributed by atoms with Crippen molar-refractivity contribution >= 4 is 116 Å². The molecule has 0 atom stereocenters. The summed E-state index contributed by atoms with van der Waals surface area (Å²) in [6, 6.07) is 0. The summed E-state index contributed by atoms with van der Waals surface area (Å²) in [4.78, 5) is 0. The van der Waals surface area contributed by atoms with Gasteiger partial charge < -0.3 is 10.2 Å². The molecule has 2 aromatic rings. The third kappa shape index (κ3) is 6.99. The minimum atomic E-state index is -0.613. The van der Waals surface area contributed by atoms with Gasteiger partial charge in [0.1, 0.15) is 0 Å². The molecule has 0 bridgehead atoms. The Kier molecular flexibility index (Phi) is 16.0. The summed E-state index contributed by atoms with van der Waals surface area (Å²) in [7, 11) is 0. The fourth-order valence-electron chi connectivity index (χ4n) is 1.17. The van der Waals surface area contributed by atoms with Gasteiger partial charge in [0.15, 0.2) is 0 Å². The minimum absolute atomic E-state index is 0. The molecule has 26 heavy (non-hydrogen) atoms. The van der Waals surface area contributed by atoms with Crippen LogP contribution in [0.1, 0.15) is 0 Å². The maximum atomic E-state index is 11.1. The van der Waals surface area contributed by atoms with Crippen LogP contribution in [0, 0.1) is 0 Å². The first-order chi connectivity index (χ1) is 10.9. The van der Waals surface area contributed by atoms with E-state index in [0.29, 0.717) is 0 Å². The van der Waals surface area contributed by atoms with Gasteiger partial charge in [-0.1, -0.05) is 128 Å². The molecule has 2 rings (SSSR count). The summed E-state index contributed by atoms with van der Waals surface area (Å²) in [6.07, 6.45) is 0. The van der Waals surface area contributed by atoms with E-state index in [4.69, 9.17) is 116 Å². The average molecular weight is 577 g/mol. The fourth-order valence-corrected chi connectivity index (χ4v) is 3.41. The van der Waals surface area contributed by atoms with Gasteiger partial charge in [0.2, 0.25) is 0 Å².